The molecule has 14 N–H and O–H groups in total. The molecule has 1 heterocycles. The maximum absolute atomic E-state index is 14.0. The first-order valence-electron chi connectivity index (χ1n) is 17.4. The van der Waals surface area contributed by atoms with E-state index < -0.39 is 103 Å². The number of nitrogens with two attached hydrogens (primary N) is 3. The fraction of sp³-hybridized carbons (Fsp3) is 0.719. The van der Waals surface area contributed by atoms with E-state index in [0.717, 1.165) is 0 Å². The van der Waals surface area contributed by atoms with E-state index in [2.05, 4.69) is 26.3 Å². The van der Waals surface area contributed by atoms with Crippen LogP contribution in [0.3, 0.4) is 0 Å². The summed E-state index contributed by atoms with van der Waals surface area (Å²) in [7, 11) is 0. The number of aliphatic imine (C=N–C) groups is 1. The van der Waals surface area contributed by atoms with Gasteiger partial charge in [0.15, 0.2) is 5.96 Å². The summed E-state index contributed by atoms with van der Waals surface area (Å²) >= 11 is 0. The van der Waals surface area contributed by atoms with Crippen LogP contribution in [0.25, 0.3) is 0 Å². The van der Waals surface area contributed by atoms with E-state index in [1.807, 2.05) is 33.0 Å². The molecule has 0 radical (unpaired) electrons. The SMILES string of the molecule is CC(C)C[C@H](NC(=O)[C@@H](N)CC(=O)O)C(=O)N[C@@H](CC(C)C)C(=O)N1CCC[C@H]1C(=O)N[C@@H](CCCN=C(N)N)C(=O)NCC(=O)N[C@@H](CO)C(=O)O. The van der Waals surface area contributed by atoms with Gasteiger partial charge in [-0.25, -0.2) is 4.79 Å². The molecule has 0 aromatic carbocycles. The highest BCUT2D eigenvalue weighted by molar-refractivity contribution is 5.97. The molecule has 300 valence electrons. The Labute approximate surface area is 307 Å². The Morgan fingerprint density at radius 2 is 1.42 bits per heavy atom. The number of likely N-dealkylation sites (tertiary alicyclic amines) is 1. The number of aliphatic hydroxyl groups is 1. The fourth-order valence-electron chi connectivity index (χ4n) is 5.49. The number of aliphatic hydroxyl groups excluding tert-OH is 1. The lowest BCUT2D eigenvalue weighted by Gasteiger charge is -2.31. The molecule has 1 saturated heterocycles. The minimum atomic E-state index is -1.59. The Morgan fingerprint density at radius 1 is 0.811 bits per heavy atom. The lowest BCUT2D eigenvalue weighted by Crippen LogP contribution is -2.59. The van der Waals surface area contributed by atoms with Crippen molar-refractivity contribution in [1.29, 1.82) is 0 Å². The van der Waals surface area contributed by atoms with Gasteiger partial charge < -0.3 is 64.0 Å². The molecule has 21 heteroatoms. The van der Waals surface area contributed by atoms with Gasteiger partial charge in [-0.05, 0) is 50.4 Å². The molecule has 0 bridgehead atoms. The van der Waals surface area contributed by atoms with Crippen molar-refractivity contribution in [3.63, 3.8) is 0 Å². The van der Waals surface area contributed by atoms with Crippen molar-refractivity contribution in [3.8, 4) is 0 Å². The molecule has 6 atom stereocenters. The largest absolute Gasteiger partial charge is 0.481 e. The molecule has 0 saturated carbocycles. The number of carboxylic acids is 2. The highest BCUT2D eigenvalue weighted by atomic mass is 16.4. The van der Waals surface area contributed by atoms with Gasteiger partial charge in [-0.15, -0.1) is 0 Å². The maximum atomic E-state index is 14.0. The number of nitrogens with zero attached hydrogens (tertiary/aromatic N) is 2. The molecule has 0 aliphatic carbocycles. The van der Waals surface area contributed by atoms with Crippen LogP contribution >= 0.6 is 0 Å². The quantitative estimate of drug-likeness (QED) is 0.0269. The van der Waals surface area contributed by atoms with Crippen molar-refractivity contribution >= 4 is 53.3 Å². The number of carbonyl (C=O) groups excluding carboxylic acids is 6. The molecule has 0 aromatic heterocycles. The van der Waals surface area contributed by atoms with Gasteiger partial charge in [0, 0.05) is 13.1 Å². The molecule has 0 spiro atoms. The number of hydrogen-bond donors (Lipinski definition) is 11. The zero-order chi connectivity index (χ0) is 40.4. The van der Waals surface area contributed by atoms with Crippen LogP contribution in [0.2, 0.25) is 0 Å². The molecule has 1 aliphatic heterocycles. The lowest BCUT2D eigenvalue weighted by atomic mass is 9.99. The molecule has 1 fully saturated rings. The second-order valence-electron chi connectivity index (χ2n) is 13.6. The Kier molecular flexibility index (Phi) is 19.8. The molecule has 6 amide bonds. The number of guanidine groups is 1. The predicted molar refractivity (Wildman–Crippen MR) is 189 cm³/mol. The van der Waals surface area contributed by atoms with E-state index in [9.17, 15) is 38.4 Å². The molecular formula is C32H56N10O11. The topological polar surface area (TPSA) is 351 Å². The normalized spacial score (nSPS) is 16.8. The van der Waals surface area contributed by atoms with Crippen molar-refractivity contribution in [1.82, 2.24) is 31.5 Å². The third-order valence-electron chi connectivity index (χ3n) is 8.05. The number of carboxylic acid groups (broad SMARTS) is 2. The van der Waals surface area contributed by atoms with Crippen LogP contribution in [0.5, 0.6) is 0 Å². The van der Waals surface area contributed by atoms with Gasteiger partial charge in [-0.3, -0.25) is 38.6 Å². The summed E-state index contributed by atoms with van der Waals surface area (Å²) in [6, 6.07) is -7.51. The lowest BCUT2D eigenvalue weighted by molar-refractivity contribution is -0.143. The van der Waals surface area contributed by atoms with Crippen LogP contribution in [-0.4, -0.2) is 136 Å². The fourth-order valence-corrected chi connectivity index (χ4v) is 5.49. The third kappa shape index (κ3) is 16.9. The van der Waals surface area contributed by atoms with Crippen LogP contribution in [-0.2, 0) is 38.4 Å². The Bertz CT molecular complexity index is 1340. The minimum absolute atomic E-state index is 0.0101. The highest BCUT2D eigenvalue weighted by Gasteiger charge is 2.40. The van der Waals surface area contributed by atoms with Crippen molar-refractivity contribution in [2.75, 3.05) is 26.2 Å². The van der Waals surface area contributed by atoms with Crippen molar-refractivity contribution in [2.45, 2.75) is 109 Å². The third-order valence-corrected chi connectivity index (χ3v) is 8.05. The molecule has 21 nitrogen and oxygen atoms in total. The number of amides is 6. The van der Waals surface area contributed by atoms with Crippen LogP contribution in [0, 0.1) is 11.8 Å². The minimum Gasteiger partial charge on any atom is -0.481 e. The van der Waals surface area contributed by atoms with Crippen LogP contribution in [0.15, 0.2) is 4.99 Å². The summed E-state index contributed by atoms with van der Waals surface area (Å²) in [4.78, 5) is 106. The van der Waals surface area contributed by atoms with Gasteiger partial charge in [-0.1, -0.05) is 27.7 Å². The molecule has 1 aliphatic rings. The average Bonchev–Trinajstić information content (AvgIpc) is 3.55. The molecular weight excluding hydrogens is 700 g/mol. The average molecular weight is 757 g/mol. The first kappa shape index (κ1) is 46.0. The van der Waals surface area contributed by atoms with Gasteiger partial charge in [0.2, 0.25) is 35.4 Å². The van der Waals surface area contributed by atoms with E-state index in [1.54, 1.807) is 0 Å². The summed E-state index contributed by atoms with van der Waals surface area (Å²) in [6.45, 7) is 5.99. The second-order valence-corrected chi connectivity index (χ2v) is 13.6. The number of rotatable bonds is 23. The van der Waals surface area contributed by atoms with Crippen molar-refractivity contribution in [2.24, 2.45) is 34.0 Å². The zero-order valence-electron chi connectivity index (χ0n) is 30.6. The number of carbonyl (C=O) groups is 8. The molecule has 0 unspecified atom stereocenters. The van der Waals surface area contributed by atoms with Gasteiger partial charge in [0.05, 0.1) is 25.6 Å². The van der Waals surface area contributed by atoms with E-state index >= 15 is 0 Å². The monoisotopic (exact) mass is 756 g/mol. The smallest absolute Gasteiger partial charge is 0.328 e. The second kappa shape index (κ2) is 22.8. The zero-order valence-corrected chi connectivity index (χ0v) is 30.6. The van der Waals surface area contributed by atoms with Crippen LogP contribution in [0.1, 0.15) is 72.6 Å². The Morgan fingerprint density at radius 3 is 1.96 bits per heavy atom. The first-order chi connectivity index (χ1) is 24.8. The standard InChI is InChI=1S/C32H56N10O11/c1-16(2)11-20(40-26(47)18(33)13-25(45)46)28(49)41-21(12-17(3)4)30(51)42-10-6-8-23(42)29(50)39-19(7-5-9-36-32(34)35)27(48)37-14-24(44)38-22(15-43)31(52)53/h16-23,43H,5-15,33H2,1-4H3,(H,37,48)(H,38,44)(H,39,50)(H,40,47)(H,41,49)(H,45,46)(H,52,53)(H4,34,35,36)/t18-,19-,20-,21-,22-,23-/m0/s1. The summed E-state index contributed by atoms with van der Waals surface area (Å²) in [5.41, 5.74) is 16.4. The van der Waals surface area contributed by atoms with Gasteiger partial charge in [0.1, 0.15) is 30.2 Å². The number of nitrogens with one attached hydrogen (secondary N) is 5. The number of hydrogen-bond acceptors (Lipinski definition) is 11. The molecule has 0 aromatic rings. The van der Waals surface area contributed by atoms with Crippen molar-refractivity contribution < 1.29 is 53.7 Å². The Balaban J connectivity index is 3.18. The Hall–Kier alpha value is -5.05. The number of aliphatic carboxylic acids is 2. The van der Waals surface area contributed by atoms with E-state index in [-0.39, 0.29) is 63.0 Å². The maximum Gasteiger partial charge on any atom is 0.328 e. The summed E-state index contributed by atoms with van der Waals surface area (Å²) in [6.07, 6.45) is 0.570. The van der Waals surface area contributed by atoms with E-state index in [1.165, 1.54) is 4.90 Å². The summed E-state index contributed by atoms with van der Waals surface area (Å²) in [5, 5.41) is 39.4. The van der Waals surface area contributed by atoms with E-state index in [4.69, 9.17) is 32.5 Å². The van der Waals surface area contributed by atoms with Gasteiger partial charge >= 0.3 is 11.9 Å². The van der Waals surface area contributed by atoms with E-state index in [0.29, 0.717) is 6.42 Å². The summed E-state index contributed by atoms with van der Waals surface area (Å²) < 4.78 is 0. The molecule has 53 heavy (non-hydrogen) atoms. The van der Waals surface area contributed by atoms with Gasteiger partial charge in [0.25, 0.3) is 0 Å². The van der Waals surface area contributed by atoms with Crippen LogP contribution in [0.4, 0.5) is 0 Å². The highest BCUT2D eigenvalue weighted by Crippen LogP contribution is 2.21. The van der Waals surface area contributed by atoms with Crippen molar-refractivity contribution in [3.05, 3.63) is 0 Å². The predicted octanol–water partition coefficient (Wildman–Crippen LogP) is -3.94. The first-order valence-corrected chi connectivity index (χ1v) is 17.4. The van der Waals surface area contributed by atoms with Gasteiger partial charge in [-0.2, -0.15) is 0 Å². The molecule has 1 rings (SSSR count). The summed E-state index contributed by atoms with van der Waals surface area (Å²) in [5.74, 6) is -7.63. The van der Waals surface area contributed by atoms with Crippen LogP contribution < -0.4 is 43.8 Å².